The van der Waals surface area contributed by atoms with Gasteiger partial charge in [0.05, 0.1) is 16.3 Å². The molecule has 7 nitrogen and oxygen atoms in total. The number of hydrogen-bond acceptors (Lipinski definition) is 5. The van der Waals surface area contributed by atoms with Gasteiger partial charge in [-0.25, -0.2) is 4.98 Å². The number of halogens is 1. The molecule has 1 amide bonds. The van der Waals surface area contributed by atoms with Gasteiger partial charge < -0.3 is 20.6 Å². The van der Waals surface area contributed by atoms with Crippen LogP contribution in [0, 0.1) is 13.8 Å². The smallest absolute Gasteiger partial charge is 0.265 e. The van der Waals surface area contributed by atoms with Crippen molar-refractivity contribution in [2.24, 2.45) is 10.9 Å². The number of nitrogens with zero attached hydrogens (tertiary/aromatic N) is 2. The van der Waals surface area contributed by atoms with Gasteiger partial charge in [-0.05, 0) is 55.3 Å². The maximum Gasteiger partial charge on any atom is 0.265 e. The summed E-state index contributed by atoms with van der Waals surface area (Å²) in [5.41, 5.74) is 8.85. The third-order valence-corrected chi connectivity index (χ3v) is 4.36. The monoisotopic (exact) mass is 424 g/mol. The van der Waals surface area contributed by atoms with Crippen molar-refractivity contribution in [3.05, 3.63) is 82.5 Å². The lowest BCUT2D eigenvalue weighted by Gasteiger charge is -2.11. The average Bonchev–Trinajstić information content (AvgIpc) is 2.72. The van der Waals surface area contributed by atoms with Crippen molar-refractivity contribution in [2.75, 3.05) is 11.9 Å². The van der Waals surface area contributed by atoms with E-state index in [0.717, 1.165) is 11.1 Å². The molecule has 3 rings (SSSR count). The maximum atomic E-state index is 12.2. The van der Waals surface area contributed by atoms with Crippen LogP contribution in [0.15, 0.2) is 65.9 Å². The van der Waals surface area contributed by atoms with E-state index in [1.807, 2.05) is 38.1 Å². The molecule has 2 aromatic carbocycles. The molecule has 0 atom stereocenters. The first-order chi connectivity index (χ1) is 14.4. The standard InChI is InChI=1S/C22H21ClN4O3/c1-14-11-15(2)20(18(23)12-14)26-19(28)13-29-27-21(24)17-9-6-10-25-22(17)30-16-7-4-3-5-8-16/h3-12H,13H2,1-2H3,(H2,24,27)(H,26,28). The van der Waals surface area contributed by atoms with E-state index in [4.69, 9.17) is 26.9 Å². The van der Waals surface area contributed by atoms with Crippen LogP contribution in [-0.2, 0) is 9.63 Å². The minimum atomic E-state index is -0.410. The largest absolute Gasteiger partial charge is 0.438 e. The third kappa shape index (κ3) is 5.48. The summed E-state index contributed by atoms with van der Waals surface area (Å²) in [5, 5.41) is 7.00. The molecule has 0 aliphatic heterocycles. The summed E-state index contributed by atoms with van der Waals surface area (Å²) in [6.45, 7) is 3.46. The molecule has 3 aromatic rings. The summed E-state index contributed by atoms with van der Waals surface area (Å²) in [6, 6.07) is 16.3. The van der Waals surface area contributed by atoms with Gasteiger partial charge in [0, 0.05) is 6.20 Å². The fourth-order valence-electron chi connectivity index (χ4n) is 2.73. The van der Waals surface area contributed by atoms with E-state index < -0.39 is 5.91 Å². The predicted octanol–water partition coefficient (Wildman–Crippen LogP) is 4.42. The summed E-state index contributed by atoms with van der Waals surface area (Å²) in [5.74, 6) is 0.509. The molecule has 1 aromatic heterocycles. The highest BCUT2D eigenvalue weighted by Crippen LogP contribution is 2.27. The van der Waals surface area contributed by atoms with Crippen LogP contribution >= 0.6 is 11.6 Å². The van der Waals surface area contributed by atoms with Crippen LogP contribution in [0.4, 0.5) is 5.69 Å². The van der Waals surface area contributed by atoms with E-state index in [-0.39, 0.29) is 18.3 Å². The van der Waals surface area contributed by atoms with Crippen molar-refractivity contribution < 1.29 is 14.4 Å². The zero-order chi connectivity index (χ0) is 21.5. The summed E-state index contributed by atoms with van der Waals surface area (Å²) in [4.78, 5) is 21.5. The Kier molecular flexibility index (Phi) is 6.87. The van der Waals surface area contributed by atoms with Crippen LogP contribution in [0.5, 0.6) is 11.6 Å². The molecular formula is C22H21ClN4O3. The number of hydrogen-bond donors (Lipinski definition) is 2. The van der Waals surface area contributed by atoms with Gasteiger partial charge in [0.15, 0.2) is 12.4 Å². The second-order valence-electron chi connectivity index (χ2n) is 6.51. The molecular weight excluding hydrogens is 404 g/mol. The van der Waals surface area contributed by atoms with E-state index in [2.05, 4.69) is 15.5 Å². The number of nitrogens with two attached hydrogens (primary N) is 1. The second kappa shape index (κ2) is 9.76. The van der Waals surface area contributed by atoms with Gasteiger partial charge in [0.2, 0.25) is 5.88 Å². The molecule has 0 unspecified atom stereocenters. The van der Waals surface area contributed by atoms with Crippen LogP contribution < -0.4 is 15.8 Å². The third-order valence-electron chi connectivity index (χ3n) is 4.06. The number of amides is 1. The van der Waals surface area contributed by atoms with Gasteiger partial charge in [0.25, 0.3) is 5.91 Å². The van der Waals surface area contributed by atoms with Gasteiger partial charge >= 0.3 is 0 Å². The molecule has 0 saturated carbocycles. The highest BCUT2D eigenvalue weighted by Gasteiger charge is 2.12. The number of anilines is 1. The molecule has 0 radical (unpaired) electrons. The van der Waals surface area contributed by atoms with E-state index >= 15 is 0 Å². The van der Waals surface area contributed by atoms with Crippen LogP contribution in [0.2, 0.25) is 5.02 Å². The van der Waals surface area contributed by atoms with Crippen molar-refractivity contribution in [1.29, 1.82) is 0 Å². The number of amidine groups is 1. The van der Waals surface area contributed by atoms with E-state index in [9.17, 15) is 4.79 Å². The number of rotatable bonds is 7. The zero-order valence-electron chi connectivity index (χ0n) is 16.6. The highest BCUT2D eigenvalue weighted by atomic mass is 35.5. The first-order valence-electron chi connectivity index (χ1n) is 9.14. The van der Waals surface area contributed by atoms with Crippen molar-refractivity contribution in [2.45, 2.75) is 13.8 Å². The van der Waals surface area contributed by atoms with Crippen molar-refractivity contribution in [3.8, 4) is 11.6 Å². The average molecular weight is 425 g/mol. The van der Waals surface area contributed by atoms with Crippen LogP contribution in [0.1, 0.15) is 16.7 Å². The molecule has 3 N–H and O–H groups in total. The van der Waals surface area contributed by atoms with E-state index in [1.165, 1.54) is 0 Å². The van der Waals surface area contributed by atoms with Gasteiger partial charge in [-0.15, -0.1) is 0 Å². The normalized spacial score (nSPS) is 11.1. The SMILES string of the molecule is Cc1cc(C)c(NC(=O)CO/N=C(\N)c2cccnc2Oc2ccccc2)c(Cl)c1. The lowest BCUT2D eigenvalue weighted by molar-refractivity contribution is -0.120. The Labute approximate surface area is 179 Å². The molecule has 30 heavy (non-hydrogen) atoms. The minimum Gasteiger partial charge on any atom is -0.438 e. The summed E-state index contributed by atoms with van der Waals surface area (Å²) < 4.78 is 5.75. The molecule has 0 spiro atoms. The lowest BCUT2D eigenvalue weighted by Crippen LogP contribution is -2.20. The summed E-state index contributed by atoms with van der Waals surface area (Å²) in [6.07, 6.45) is 1.58. The van der Waals surface area contributed by atoms with Crippen molar-refractivity contribution >= 4 is 29.0 Å². The number of aromatic nitrogens is 1. The number of para-hydroxylation sites is 1. The Morgan fingerprint density at radius 1 is 1.17 bits per heavy atom. The quantitative estimate of drug-likeness (QED) is 0.332. The predicted molar refractivity (Wildman–Crippen MR) is 117 cm³/mol. The fourth-order valence-corrected chi connectivity index (χ4v) is 3.09. The Balaban J connectivity index is 1.64. The number of oxime groups is 1. The fraction of sp³-hybridized carbons (Fsp3) is 0.136. The number of nitrogens with one attached hydrogen (secondary N) is 1. The van der Waals surface area contributed by atoms with Crippen LogP contribution in [0.25, 0.3) is 0 Å². The number of pyridine rings is 1. The first kappa shape index (κ1) is 21.1. The highest BCUT2D eigenvalue weighted by molar-refractivity contribution is 6.34. The molecule has 0 fully saturated rings. The number of carbonyl (C=O) groups excluding carboxylic acids is 1. The molecule has 0 bridgehead atoms. The van der Waals surface area contributed by atoms with Crippen molar-refractivity contribution in [1.82, 2.24) is 4.98 Å². The minimum absolute atomic E-state index is 0.0337. The number of aryl methyl sites for hydroxylation is 2. The molecule has 8 heteroatoms. The Morgan fingerprint density at radius 3 is 2.67 bits per heavy atom. The maximum absolute atomic E-state index is 12.2. The zero-order valence-corrected chi connectivity index (χ0v) is 17.3. The second-order valence-corrected chi connectivity index (χ2v) is 6.92. The molecule has 1 heterocycles. The van der Waals surface area contributed by atoms with Gasteiger partial charge in [-0.1, -0.05) is 41.0 Å². The van der Waals surface area contributed by atoms with Gasteiger partial charge in [-0.3, -0.25) is 4.79 Å². The van der Waals surface area contributed by atoms with Gasteiger partial charge in [-0.2, -0.15) is 0 Å². The molecule has 0 saturated heterocycles. The Hall–Kier alpha value is -3.58. The summed E-state index contributed by atoms with van der Waals surface area (Å²) in [7, 11) is 0. The molecule has 0 aliphatic carbocycles. The lowest BCUT2D eigenvalue weighted by atomic mass is 10.1. The van der Waals surface area contributed by atoms with Gasteiger partial charge in [0.1, 0.15) is 5.75 Å². The molecule has 154 valence electrons. The van der Waals surface area contributed by atoms with Crippen LogP contribution in [0.3, 0.4) is 0 Å². The van der Waals surface area contributed by atoms with Crippen molar-refractivity contribution in [3.63, 3.8) is 0 Å². The van der Waals surface area contributed by atoms with E-state index in [0.29, 0.717) is 22.0 Å². The number of benzene rings is 2. The Morgan fingerprint density at radius 2 is 1.93 bits per heavy atom. The number of carbonyl (C=O) groups is 1. The first-order valence-corrected chi connectivity index (χ1v) is 9.52. The van der Waals surface area contributed by atoms with Crippen LogP contribution in [-0.4, -0.2) is 23.3 Å². The summed E-state index contributed by atoms with van der Waals surface area (Å²) >= 11 is 6.20. The Bertz CT molecular complexity index is 1050. The molecule has 0 aliphatic rings. The van der Waals surface area contributed by atoms with E-state index in [1.54, 1.807) is 36.5 Å². The number of ether oxygens (including phenoxy) is 1. The topological polar surface area (TPSA) is 98.8 Å².